The molecule has 3 rings (SSSR count). The standard InChI is InChI=1S/C21H20ClN3O3/c1-12(2)17-18(19(26)15-8-13(3)9-16(22)10-15)25(21(28)24-20(17)27)11-14-4-6-23-7-5-14/h4-10,12H,11H2,1-3H3,(H,24,27,28). The molecule has 0 radical (unpaired) electrons. The Kier molecular flexibility index (Phi) is 5.61. The Balaban J connectivity index is 2.28. The van der Waals surface area contributed by atoms with E-state index in [1.807, 2.05) is 20.8 Å². The maximum Gasteiger partial charge on any atom is 0.329 e. The van der Waals surface area contributed by atoms with Gasteiger partial charge < -0.3 is 0 Å². The Morgan fingerprint density at radius 1 is 1.18 bits per heavy atom. The first-order chi connectivity index (χ1) is 13.3. The van der Waals surface area contributed by atoms with Gasteiger partial charge in [-0.05, 0) is 54.3 Å². The van der Waals surface area contributed by atoms with Crippen LogP contribution in [0, 0.1) is 6.92 Å². The first kappa shape index (κ1) is 19.8. The van der Waals surface area contributed by atoms with Gasteiger partial charge in [0.15, 0.2) is 0 Å². The third kappa shape index (κ3) is 3.97. The lowest BCUT2D eigenvalue weighted by Gasteiger charge is -2.17. The summed E-state index contributed by atoms with van der Waals surface area (Å²) in [6, 6.07) is 8.49. The molecule has 0 spiro atoms. The highest BCUT2D eigenvalue weighted by Gasteiger charge is 2.25. The second-order valence-corrected chi connectivity index (χ2v) is 7.40. The molecule has 0 unspecified atom stereocenters. The minimum atomic E-state index is -0.631. The van der Waals surface area contributed by atoms with E-state index in [0.29, 0.717) is 10.6 Å². The lowest BCUT2D eigenvalue weighted by atomic mass is 9.96. The van der Waals surface area contributed by atoms with Crippen molar-refractivity contribution >= 4 is 17.4 Å². The number of ketones is 1. The summed E-state index contributed by atoms with van der Waals surface area (Å²) in [6.07, 6.45) is 3.22. The Labute approximate surface area is 166 Å². The maximum atomic E-state index is 13.4. The fraction of sp³-hybridized carbons (Fsp3) is 0.238. The molecular formula is C21H20ClN3O3. The number of halogens is 1. The van der Waals surface area contributed by atoms with Crippen molar-refractivity contribution in [1.29, 1.82) is 0 Å². The van der Waals surface area contributed by atoms with Gasteiger partial charge in [0, 0.05) is 28.5 Å². The summed E-state index contributed by atoms with van der Waals surface area (Å²) in [6.45, 7) is 5.59. The van der Waals surface area contributed by atoms with Crippen molar-refractivity contribution in [3.63, 3.8) is 0 Å². The summed E-state index contributed by atoms with van der Waals surface area (Å²) in [5.74, 6) is -0.668. The van der Waals surface area contributed by atoms with Crippen molar-refractivity contribution in [3.05, 3.63) is 96.5 Å². The molecule has 0 amide bonds. The topological polar surface area (TPSA) is 84.8 Å². The number of carbonyl (C=O) groups excluding carboxylic acids is 1. The van der Waals surface area contributed by atoms with E-state index >= 15 is 0 Å². The number of hydrogen-bond acceptors (Lipinski definition) is 4. The summed E-state index contributed by atoms with van der Waals surface area (Å²) >= 11 is 6.12. The summed E-state index contributed by atoms with van der Waals surface area (Å²) in [5, 5.41) is 0.419. The summed E-state index contributed by atoms with van der Waals surface area (Å²) in [5.41, 5.74) is 1.12. The number of nitrogens with one attached hydrogen (secondary N) is 1. The van der Waals surface area contributed by atoms with Crippen LogP contribution < -0.4 is 11.2 Å². The number of carbonyl (C=O) groups is 1. The molecule has 0 aliphatic carbocycles. The molecule has 2 heterocycles. The van der Waals surface area contributed by atoms with Crippen molar-refractivity contribution < 1.29 is 4.79 Å². The van der Waals surface area contributed by atoms with Crippen LogP contribution in [0.4, 0.5) is 0 Å². The molecule has 2 aromatic heterocycles. The van der Waals surface area contributed by atoms with E-state index in [-0.39, 0.29) is 23.7 Å². The zero-order chi connectivity index (χ0) is 20.4. The molecule has 0 aliphatic rings. The van der Waals surface area contributed by atoms with Crippen molar-refractivity contribution in [2.75, 3.05) is 0 Å². The van der Waals surface area contributed by atoms with E-state index in [0.717, 1.165) is 11.1 Å². The van der Waals surface area contributed by atoms with E-state index in [2.05, 4.69) is 9.97 Å². The van der Waals surface area contributed by atoms with Crippen LogP contribution in [-0.2, 0) is 6.54 Å². The Morgan fingerprint density at radius 3 is 2.46 bits per heavy atom. The second kappa shape index (κ2) is 7.94. The average Bonchev–Trinajstić information content (AvgIpc) is 2.62. The van der Waals surface area contributed by atoms with Gasteiger partial charge in [0.1, 0.15) is 5.69 Å². The van der Waals surface area contributed by atoms with Crippen LogP contribution in [0.15, 0.2) is 52.3 Å². The van der Waals surface area contributed by atoms with Crippen molar-refractivity contribution in [2.45, 2.75) is 33.2 Å². The Bertz CT molecular complexity index is 1130. The van der Waals surface area contributed by atoms with E-state index in [1.54, 1.807) is 42.7 Å². The Hall–Kier alpha value is -2.99. The van der Waals surface area contributed by atoms with Gasteiger partial charge in [-0.15, -0.1) is 0 Å². The quantitative estimate of drug-likeness (QED) is 0.669. The fourth-order valence-corrected chi connectivity index (χ4v) is 3.48. The third-order valence-electron chi connectivity index (χ3n) is 4.42. The van der Waals surface area contributed by atoms with Gasteiger partial charge >= 0.3 is 5.69 Å². The highest BCUT2D eigenvalue weighted by atomic mass is 35.5. The highest BCUT2D eigenvalue weighted by Crippen LogP contribution is 2.22. The molecule has 0 aliphatic heterocycles. The van der Waals surface area contributed by atoms with Crippen molar-refractivity contribution in [1.82, 2.24) is 14.5 Å². The van der Waals surface area contributed by atoms with Gasteiger partial charge in [0.25, 0.3) is 5.56 Å². The van der Waals surface area contributed by atoms with Crippen LogP contribution in [-0.4, -0.2) is 20.3 Å². The minimum Gasteiger partial charge on any atom is -0.287 e. The van der Waals surface area contributed by atoms with Crippen LogP contribution in [0.3, 0.4) is 0 Å². The second-order valence-electron chi connectivity index (χ2n) is 6.96. The number of aromatic amines is 1. The molecular weight excluding hydrogens is 378 g/mol. The normalized spacial score (nSPS) is 11.0. The van der Waals surface area contributed by atoms with Crippen molar-refractivity contribution in [2.24, 2.45) is 0 Å². The van der Waals surface area contributed by atoms with Crippen LogP contribution in [0.25, 0.3) is 0 Å². The molecule has 0 saturated heterocycles. The lowest BCUT2D eigenvalue weighted by molar-refractivity contribution is 0.102. The van der Waals surface area contributed by atoms with Crippen LogP contribution >= 0.6 is 11.6 Å². The first-order valence-corrected chi connectivity index (χ1v) is 9.23. The summed E-state index contributed by atoms with van der Waals surface area (Å²) in [7, 11) is 0. The molecule has 1 aromatic carbocycles. The van der Waals surface area contributed by atoms with Gasteiger partial charge in [-0.1, -0.05) is 25.4 Å². The molecule has 0 fully saturated rings. The van der Waals surface area contributed by atoms with E-state index in [9.17, 15) is 14.4 Å². The number of benzene rings is 1. The van der Waals surface area contributed by atoms with Gasteiger partial charge in [-0.25, -0.2) is 4.79 Å². The largest absolute Gasteiger partial charge is 0.329 e. The van der Waals surface area contributed by atoms with Gasteiger partial charge in [0.2, 0.25) is 5.78 Å². The molecule has 0 atom stereocenters. The molecule has 0 saturated carbocycles. The predicted molar refractivity (Wildman–Crippen MR) is 108 cm³/mol. The molecule has 28 heavy (non-hydrogen) atoms. The number of pyridine rings is 1. The van der Waals surface area contributed by atoms with Gasteiger partial charge in [-0.3, -0.25) is 24.1 Å². The number of H-pyrrole nitrogens is 1. The molecule has 0 bridgehead atoms. The molecule has 144 valence electrons. The van der Waals surface area contributed by atoms with Gasteiger partial charge in [0.05, 0.1) is 6.54 Å². The Morgan fingerprint density at radius 2 is 1.86 bits per heavy atom. The van der Waals surface area contributed by atoms with Gasteiger partial charge in [-0.2, -0.15) is 0 Å². The average molecular weight is 398 g/mol. The molecule has 3 aromatic rings. The number of rotatable bonds is 5. The lowest BCUT2D eigenvalue weighted by Crippen LogP contribution is -2.38. The summed E-state index contributed by atoms with van der Waals surface area (Å²) in [4.78, 5) is 44.9. The predicted octanol–water partition coefficient (Wildman–Crippen LogP) is 3.30. The SMILES string of the molecule is Cc1cc(Cl)cc(C(=O)c2c(C(C)C)c(=O)[nH]c(=O)n2Cc2ccncc2)c1. The van der Waals surface area contributed by atoms with E-state index in [1.165, 1.54) is 4.57 Å². The number of nitrogens with zero attached hydrogens (tertiary/aromatic N) is 2. The number of aromatic nitrogens is 3. The molecule has 1 N–H and O–H groups in total. The van der Waals surface area contributed by atoms with E-state index in [4.69, 9.17) is 11.6 Å². The number of aryl methyl sites for hydroxylation is 1. The summed E-state index contributed by atoms with van der Waals surface area (Å²) < 4.78 is 1.31. The zero-order valence-electron chi connectivity index (χ0n) is 15.8. The molecule has 7 heteroatoms. The highest BCUT2D eigenvalue weighted by molar-refractivity contribution is 6.31. The van der Waals surface area contributed by atoms with Crippen LogP contribution in [0.1, 0.15) is 52.5 Å². The monoisotopic (exact) mass is 397 g/mol. The minimum absolute atomic E-state index is 0.0854. The van der Waals surface area contributed by atoms with E-state index < -0.39 is 17.0 Å². The van der Waals surface area contributed by atoms with Crippen LogP contribution in [0.2, 0.25) is 5.02 Å². The van der Waals surface area contributed by atoms with Crippen molar-refractivity contribution in [3.8, 4) is 0 Å². The number of hydrogen-bond donors (Lipinski definition) is 1. The maximum absolute atomic E-state index is 13.4. The third-order valence-corrected chi connectivity index (χ3v) is 4.64. The molecule has 6 nitrogen and oxygen atoms in total. The first-order valence-electron chi connectivity index (χ1n) is 8.85. The van der Waals surface area contributed by atoms with Crippen LogP contribution in [0.5, 0.6) is 0 Å². The zero-order valence-corrected chi connectivity index (χ0v) is 16.6. The fourth-order valence-electron chi connectivity index (χ4n) is 3.19. The smallest absolute Gasteiger partial charge is 0.287 e.